The summed E-state index contributed by atoms with van der Waals surface area (Å²) in [5, 5.41) is 5.01. The number of benzene rings is 1. The van der Waals surface area contributed by atoms with E-state index in [0.717, 1.165) is 40.3 Å². The molecule has 136 valence electrons. The Balaban J connectivity index is 1.63. The van der Waals surface area contributed by atoms with Gasteiger partial charge in [0.25, 0.3) is 0 Å². The van der Waals surface area contributed by atoms with Crippen molar-refractivity contribution in [2.75, 3.05) is 5.32 Å². The average molecular weight is 349 g/mol. The van der Waals surface area contributed by atoms with E-state index in [4.69, 9.17) is 0 Å². The molecule has 0 radical (unpaired) electrons. The van der Waals surface area contributed by atoms with Gasteiger partial charge >= 0.3 is 0 Å². The Bertz CT molecular complexity index is 876. The summed E-state index contributed by atoms with van der Waals surface area (Å²) in [5.41, 5.74) is 2.52. The molecule has 0 saturated heterocycles. The van der Waals surface area contributed by atoms with E-state index in [-0.39, 0.29) is 5.91 Å². The van der Waals surface area contributed by atoms with Crippen molar-refractivity contribution >= 4 is 33.4 Å². The van der Waals surface area contributed by atoms with Crippen LogP contribution >= 0.6 is 0 Å². The van der Waals surface area contributed by atoms with Crippen LogP contribution in [0.3, 0.4) is 0 Å². The lowest BCUT2D eigenvalue weighted by atomic mass is 10.1. The number of carbonyl (C=O) groups is 1. The normalized spacial score (nSPS) is 11.1. The molecule has 0 aliphatic heterocycles. The fourth-order valence-corrected chi connectivity index (χ4v) is 3.34. The molecule has 0 aliphatic carbocycles. The maximum absolute atomic E-state index is 12.4. The molecule has 0 unspecified atom stereocenters. The van der Waals surface area contributed by atoms with Gasteiger partial charge in [0, 0.05) is 29.6 Å². The number of rotatable bonds is 9. The topological polar surface area (TPSA) is 54.9 Å². The zero-order chi connectivity index (χ0) is 18.2. The number of pyridine rings is 2. The highest BCUT2D eigenvalue weighted by Crippen LogP contribution is 2.29. The molecule has 2 aromatic heterocycles. The zero-order valence-electron chi connectivity index (χ0n) is 15.5. The van der Waals surface area contributed by atoms with E-state index in [1.165, 1.54) is 32.1 Å². The molecule has 0 aliphatic rings. The van der Waals surface area contributed by atoms with Crippen LogP contribution in [0.15, 0.2) is 42.7 Å². The lowest BCUT2D eigenvalue weighted by Crippen LogP contribution is -2.11. The average Bonchev–Trinajstić information content (AvgIpc) is 2.67. The quantitative estimate of drug-likeness (QED) is 0.389. The molecule has 1 amide bonds. The number of aromatic nitrogens is 2. The number of nitrogens with one attached hydrogen (secondary N) is 1. The van der Waals surface area contributed by atoms with Gasteiger partial charge in [-0.05, 0) is 30.7 Å². The number of amides is 1. The second-order valence-electron chi connectivity index (χ2n) is 6.82. The molecule has 26 heavy (non-hydrogen) atoms. The third-order valence-corrected chi connectivity index (χ3v) is 4.74. The molecule has 4 heteroatoms. The number of anilines is 1. The van der Waals surface area contributed by atoms with Crippen molar-refractivity contribution in [2.45, 2.75) is 58.3 Å². The Kier molecular flexibility index (Phi) is 6.53. The van der Waals surface area contributed by atoms with E-state index in [1.807, 2.05) is 30.3 Å². The molecular formula is C22H27N3O. The van der Waals surface area contributed by atoms with Gasteiger partial charge in [-0.1, -0.05) is 51.5 Å². The Morgan fingerprint density at radius 3 is 2.42 bits per heavy atom. The molecule has 0 bridgehead atoms. The zero-order valence-corrected chi connectivity index (χ0v) is 15.5. The SMILES string of the molecule is CCCCCCCCCC(=O)Nc1cc2cccnc2c2ncccc12. The van der Waals surface area contributed by atoms with Crippen LogP contribution in [-0.2, 0) is 4.79 Å². The Hall–Kier alpha value is -2.49. The van der Waals surface area contributed by atoms with Gasteiger partial charge in [0.1, 0.15) is 0 Å². The van der Waals surface area contributed by atoms with E-state index in [0.29, 0.717) is 6.42 Å². The number of hydrogen-bond acceptors (Lipinski definition) is 3. The van der Waals surface area contributed by atoms with Gasteiger partial charge in [-0.15, -0.1) is 0 Å². The van der Waals surface area contributed by atoms with E-state index >= 15 is 0 Å². The fraction of sp³-hybridized carbons (Fsp3) is 0.409. The van der Waals surface area contributed by atoms with Gasteiger partial charge in [-0.3, -0.25) is 14.8 Å². The first-order chi connectivity index (χ1) is 12.8. The number of unbranched alkanes of at least 4 members (excludes halogenated alkanes) is 6. The summed E-state index contributed by atoms with van der Waals surface area (Å²) in [7, 11) is 0. The van der Waals surface area contributed by atoms with E-state index in [2.05, 4.69) is 22.2 Å². The minimum atomic E-state index is 0.0759. The summed E-state index contributed by atoms with van der Waals surface area (Å²) in [6.07, 6.45) is 12.6. The Labute approximate surface area is 155 Å². The number of hydrogen-bond donors (Lipinski definition) is 1. The van der Waals surface area contributed by atoms with Crippen molar-refractivity contribution in [1.29, 1.82) is 0 Å². The second-order valence-corrected chi connectivity index (χ2v) is 6.82. The van der Waals surface area contributed by atoms with Gasteiger partial charge in [-0.25, -0.2) is 0 Å². The second kappa shape index (κ2) is 9.27. The van der Waals surface area contributed by atoms with Crippen LogP contribution in [0.2, 0.25) is 0 Å². The Morgan fingerprint density at radius 1 is 0.923 bits per heavy atom. The summed E-state index contributed by atoms with van der Waals surface area (Å²) in [6, 6.07) is 9.78. The molecule has 1 N–H and O–H groups in total. The minimum absolute atomic E-state index is 0.0759. The summed E-state index contributed by atoms with van der Waals surface area (Å²) in [4.78, 5) is 21.3. The van der Waals surface area contributed by atoms with Crippen molar-refractivity contribution in [3.05, 3.63) is 42.7 Å². The standard InChI is InChI=1S/C22H27N3O/c1-2-3-4-5-6-7-8-13-20(26)25-19-16-17-11-9-14-23-21(17)22-18(19)12-10-15-24-22/h9-12,14-16H,2-8,13H2,1H3,(H,25,26). The molecule has 1 aromatic carbocycles. The molecule has 0 saturated carbocycles. The molecule has 0 spiro atoms. The minimum Gasteiger partial charge on any atom is -0.325 e. The highest BCUT2D eigenvalue weighted by molar-refractivity contribution is 6.11. The van der Waals surface area contributed by atoms with Gasteiger partial charge in [0.15, 0.2) is 0 Å². The molecular weight excluding hydrogens is 322 g/mol. The lowest BCUT2D eigenvalue weighted by molar-refractivity contribution is -0.116. The van der Waals surface area contributed by atoms with Crippen molar-refractivity contribution in [2.24, 2.45) is 0 Å². The molecule has 4 nitrogen and oxygen atoms in total. The van der Waals surface area contributed by atoms with Gasteiger partial charge in [-0.2, -0.15) is 0 Å². The van der Waals surface area contributed by atoms with Crippen LogP contribution in [0.25, 0.3) is 21.8 Å². The lowest BCUT2D eigenvalue weighted by Gasteiger charge is -2.10. The number of carbonyl (C=O) groups excluding carboxylic acids is 1. The maximum atomic E-state index is 12.4. The fourth-order valence-electron chi connectivity index (χ4n) is 3.34. The van der Waals surface area contributed by atoms with Gasteiger partial charge in [0.05, 0.1) is 16.7 Å². The van der Waals surface area contributed by atoms with Crippen LogP contribution in [0.5, 0.6) is 0 Å². The summed E-state index contributed by atoms with van der Waals surface area (Å²) in [5.74, 6) is 0.0759. The molecule has 2 heterocycles. The van der Waals surface area contributed by atoms with Crippen LogP contribution in [0.1, 0.15) is 58.3 Å². The third-order valence-electron chi connectivity index (χ3n) is 4.74. The summed E-state index contributed by atoms with van der Waals surface area (Å²) in [6.45, 7) is 2.23. The first kappa shape index (κ1) is 18.3. The van der Waals surface area contributed by atoms with Crippen LogP contribution in [0, 0.1) is 0 Å². The maximum Gasteiger partial charge on any atom is 0.224 e. The van der Waals surface area contributed by atoms with Crippen molar-refractivity contribution in [3.63, 3.8) is 0 Å². The predicted molar refractivity (Wildman–Crippen MR) is 108 cm³/mol. The number of fused-ring (bicyclic) bond motifs is 3. The smallest absolute Gasteiger partial charge is 0.224 e. The third kappa shape index (κ3) is 4.57. The van der Waals surface area contributed by atoms with Crippen molar-refractivity contribution in [1.82, 2.24) is 9.97 Å². The molecule has 3 rings (SSSR count). The summed E-state index contributed by atoms with van der Waals surface area (Å²) >= 11 is 0. The highest BCUT2D eigenvalue weighted by Gasteiger charge is 2.10. The van der Waals surface area contributed by atoms with Gasteiger partial charge < -0.3 is 5.32 Å². The van der Waals surface area contributed by atoms with Crippen LogP contribution < -0.4 is 5.32 Å². The molecule has 0 atom stereocenters. The van der Waals surface area contributed by atoms with Crippen LogP contribution in [-0.4, -0.2) is 15.9 Å². The highest BCUT2D eigenvalue weighted by atomic mass is 16.1. The molecule has 3 aromatic rings. The Morgan fingerprint density at radius 2 is 1.62 bits per heavy atom. The van der Waals surface area contributed by atoms with Crippen molar-refractivity contribution in [3.8, 4) is 0 Å². The monoisotopic (exact) mass is 349 g/mol. The van der Waals surface area contributed by atoms with E-state index < -0.39 is 0 Å². The first-order valence-electron chi connectivity index (χ1n) is 9.72. The van der Waals surface area contributed by atoms with Crippen LogP contribution in [0.4, 0.5) is 5.69 Å². The summed E-state index contributed by atoms with van der Waals surface area (Å²) < 4.78 is 0. The van der Waals surface area contributed by atoms with Crippen molar-refractivity contribution < 1.29 is 4.79 Å². The molecule has 0 fully saturated rings. The first-order valence-corrected chi connectivity index (χ1v) is 9.72. The van der Waals surface area contributed by atoms with Gasteiger partial charge in [0.2, 0.25) is 5.91 Å². The van der Waals surface area contributed by atoms with E-state index in [1.54, 1.807) is 12.4 Å². The van der Waals surface area contributed by atoms with E-state index in [9.17, 15) is 4.79 Å². The largest absolute Gasteiger partial charge is 0.325 e. The predicted octanol–water partition coefficient (Wildman–Crippen LogP) is 5.86. The number of nitrogens with zero attached hydrogens (tertiary/aromatic N) is 2.